The molecule has 0 spiro atoms. The van der Waals surface area contributed by atoms with Gasteiger partial charge in [-0.3, -0.25) is 9.69 Å². The van der Waals surface area contributed by atoms with Gasteiger partial charge in [-0.2, -0.15) is 0 Å². The Balaban J connectivity index is 1.32. The number of benzene rings is 2. The second-order valence-electron chi connectivity index (χ2n) is 10.2. The van der Waals surface area contributed by atoms with E-state index in [0.717, 1.165) is 23.8 Å². The molecule has 2 bridgehead atoms. The van der Waals surface area contributed by atoms with Crippen LogP contribution >= 0.6 is 0 Å². The van der Waals surface area contributed by atoms with Crippen molar-refractivity contribution in [2.24, 2.45) is 5.92 Å². The third-order valence-electron chi connectivity index (χ3n) is 8.43. The average molecular weight is 471 g/mol. The number of para-hydroxylation sites is 1. The predicted octanol–water partition coefficient (Wildman–Crippen LogP) is 6.44. The van der Waals surface area contributed by atoms with Crippen molar-refractivity contribution in [1.82, 2.24) is 9.80 Å². The molecule has 2 aromatic carbocycles. The van der Waals surface area contributed by atoms with Gasteiger partial charge >= 0.3 is 0 Å². The van der Waals surface area contributed by atoms with Crippen molar-refractivity contribution in [1.29, 1.82) is 0 Å². The highest BCUT2D eigenvalue weighted by atomic mass is 16.5. The molecular weight excluding hydrogens is 436 g/mol. The summed E-state index contributed by atoms with van der Waals surface area (Å²) in [6.45, 7) is 6.37. The number of hydrogen-bond acceptors (Lipinski definition) is 4. The van der Waals surface area contributed by atoms with Gasteiger partial charge in [0.25, 0.3) is 5.91 Å². The lowest BCUT2D eigenvalue weighted by Gasteiger charge is -2.43. The summed E-state index contributed by atoms with van der Waals surface area (Å²) in [7, 11) is 0. The van der Waals surface area contributed by atoms with Crippen molar-refractivity contribution >= 4 is 5.91 Å². The fourth-order valence-corrected chi connectivity index (χ4v) is 6.76. The molecule has 35 heavy (non-hydrogen) atoms. The Morgan fingerprint density at radius 2 is 1.69 bits per heavy atom. The highest BCUT2D eigenvalue weighted by molar-refractivity contribution is 5.95. The van der Waals surface area contributed by atoms with Crippen LogP contribution in [0.1, 0.15) is 72.7 Å². The number of piperidine rings is 1. The van der Waals surface area contributed by atoms with Crippen LogP contribution in [0.3, 0.4) is 0 Å². The van der Waals surface area contributed by atoms with E-state index in [1.165, 1.54) is 36.8 Å². The maximum atomic E-state index is 13.0. The van der Waals surface area contributed by atoms with E-state index in [0.29, 0.717) is 42.6 Å². The SMILES string of the molecule is CCN(CC)C(=O)c1ccc2c(c1)Oc1ccccc1C2C1CC2CCC(C1)N2Cc1ccco1. The molecule has 0 radical (unpaired) electrons. The number of carbonyl (C=O) groups is 1. The van der Waals surface area contributed by atoms with E-state index in [1.54, 1.807) is 6.26 Å². The quantitative estimate of drug-likeness (QED) is 0.416. The molecule has 3 atom stereocenters. The highest BCUT2D eigenvalue weighted by Crippen LogP contribution is 2.53. The third-order valence-corrected chi connectivity index (χ3v) is 8.43. The summed E-state index contributed by atoms with van der Waals surface area (Å²) in [5.74, 6) is 3.75. The van der Waals surface area contributed by atoms with Crippen LogP contribution in [0.15, 0.2) is 65.3 Å². The second kappa shape index (κ2) is 9.19. The van der Waals surface area contributed by atoms with Crippen molar-refractivity contribution in [3.63, 3.8) is 0 Å². The first-order valence-corrected chi connectivity index (χ1v) is 13.1. The molecule has 3 aliphatic rings. The predicted molar refractivity (Wildman–Crippen MR) is 136 cm³/mol. The van der Waals surface area contributed by atoms with E-state index in [-0.39, 0.29) is 5.91 Å². The van der Waals surface area contributed by atoms with Gasteiger partial charge in [0.15, 0.2) is 0 Å². The summed E-state index contributed by atoms with van der Waals surface area (Å²) < 4.78 is 12.1. The van der Waals surface area contributed by atoms with Gasteiger partial charge in [-0.1, -0.05) is 24.3 Å². The molecule has 0 aliphatic carbocycles. The van der Waals surface area contributed by atoms with E-state index in [4.69, 9.17) is 9.15 Å². The Morgan fingerprint density at radius 1 is 0.943 bits per heavy atom. The molecule has 6 rings (SSSR count). The molecule has 3 aromatic rings. The summed E-state index contributed by atoms with van der Waals surface area (Å²) in [6, 6.07) is 19.9. The first kappa shape index (κ1) is 22.4. The van der Waals surface area contributed by atoms with E-state index < -0.39 is 0 Å². The Labute approximate surface area is 207 Å². The maximum absolute atomic E-state index is 13.0. The van der Waals surface area contributed by atoms with Gasteiger partial charge in [0, 0.05) is 47.8 Å². The van der Waals surface area contributed by atoms with Crippen LogP contribution in [0.2, 0.25) is 0 Å². The van der Waals surface area contributed by atoms with E-state index in [9.17, 15) is 4.79 Å². The Bertz CT molecular complexity index is 1190. The second-order valence-corrected chi connectivity index (χ2v) is 10.2. The molecule has 3 unspecified atom stereocenters. The molecule has 5 nitrogen and oxygen atoms in total. The van der Waals surface area contributed by atoms with Gasteiger partial charge in [-0.25, -0.2) is 0 Å². The third kappa shape index (κ3) is 3.96. The minimum absolute atomic E-state index is 0.0705. The van der Waals surface area contributed by atoms with Crippen molar-refractivity contribution < 1.29 is 13.9 Å². The van der Waals surface area contributed by atoms with Crippen molar-refractivity contribution in [3.05, 3.63) is 83.3 Å². The first-order valence-electron chi connectivity index (χ1n) is 13.1. The largest absolute Gasteiger partial charge is 0.468 e. The lowest BCUT2D eigenvalue weighted by molar-refractivity contribution is 0.0772. The molecule has 5 heteroatoms. The summed E-state index contributed by atoms with van der Waals surface area (Å²) >= 11 is 0. The highest BCUT2D eigenvalue weighted by Gasteiger charge is 2.45. The summed E-state index contributed by atoms with van der Waals surface area (Å²) in [5.41, 5.74) is 3.22. The molecule has 1 aromatic heterocycles. The number of amides is 1. The molecule has 0 N–H and O–H groups in total. The number of carbonyl (C=O) groups excluding carboxylic acids is 1. The molecule has 182 valence electrons. The van der Waals surface area contributed by atoms with Crippen molar-refractivity contribution in [2.75, 3.05) is 13.1 Å². The topological polar surface area (TPSA) is 45.9 Å². The van der Waals surface area contributed by atoms with Gasteiger partial charge in [0.2, 0.25) is 0 Å². The van der Waals surface area contributed by atoms with E-state index in [1.807, 2.05) is 43.0 Å². The molecule has 2 saturated heterocycles. The number of nitrogens with zero attached hydrogens (tertiary/aromatic N) is 2. The Morgan fingerprint density at radius 3 is 2.40 bits per heavy atom. The van der Waals surface area contributed by atoms with Gasteiger partial charge < -0.3 is 14.1 Å². The van der Waals surface area contributed by atoms with Gasteiger partial charge in [-0.05, 0) is 75.8 Å². The monoisotopic (exact) mass is 470 g/mol. The van der Waals surface area contributed by atoms with Gasteiger partial charge in [0.1, 0.15) is 17.3 Å². The standard InChI is InChI=1S/C30H34N2O3/c1-3-31(4-2)30(33)20-11-14-26-28(18-20)35-27-10-6-5-9-25(27)29(26)21-16-22-12-13-23(17-21)32(22)19-24-8-7-15-34-24/h5-11,14-15,18,21-23,29H,3-4,12-13,16-17,19H2,1-2H3. The summed E-state index contributed by atoms with van der Waals surface area (Å²) in [6.07, 6.45) is 6.65. The van der Waals surface area contributed by atoms with Gasteiger partial charge in [-0.15, -0.1) is 0 Å². The van der Waals surface area contributed by atoms with E-state index in [2.05, 4.69) is 35.2 Å². The maximum Gasteiger partial charge on any atom is 0.253 e. The molecular formula is C30H34N2O3. The Hall–Kier alpha value is -3.05. The lowest BCUT2D eigenvalue weighted by atomic mass is 9.72. The number of ether oxygens (including phenoxy) is 1. The molecule has 3 aliphatic heterocycles. The van der Waals surface area contributed by atoms with Crippen LogP contribution in [-0.4, -0.2) is 40.9 Å². The Kier molecular flexibility index (Phi) is 5.89. The number of rotatable bonds is 6. The van der Waals surface area contributed by atoms with Crippen LogP contribution in [-0.2, 0) is 6.54 Å². The average Bonchev–Trinajstić information content (AvgIpc) is 3.47. The fourth-order valence-electron chi connectivity index (χ4n) is 6.76. The summed E-state index contributed by atoms with van der Waals surface area (Å²) in [4.78, 5) is 17.6. The number of fused-ring (bicyclic) bond motifs is 4. The zero-order chi connectivity index (χ0) is 23.9. The van der Waals surface area contributed by atoms with Gasteiger partial charge in [0.05, 0.1) is 12.8 Å². The van der Waals surface area contributed by atoms with Crippen LogP contribution in [0.4, 0.5) is 0 Å². The minimum Gasteiger partial charge on any atom is -0.468 e. The van der Waals surface area contributed by atoms with Crippen LogP contribution in [0.25, 0.3) is 0 Å². The fraction of sp³-hybridized carbons (Fsp3) is 0.433. The van der Waals surface area contributed by atoms with E-state index >= 15 is 0 Å². The lowest BCUT2D eigenvalue weighted by Crippen LogP contribution is -2.43. The smallest absolute Gasteiger partial charge is 0.253 e. The van der Waals surface area contributed by atoms with Crippen molar-refractivity contribution in [2.45, 2.75) is 64.1 Å². The minimum atomic E-state index is 0.0705. The van der Waals surface area contributed by atoms with Crippen LogP contribution < -0.4 is 4.74 Å². The normalized spacial score (nSPS) is 25.0. The molecule has 0 saturated carbocycles. The van der Waals surface area contributed by atoms with Crippen LogP contribution in [0.5, 0.6) is 11.5 Å². The molecule has 2 fully saturated rings. The zero-order valence-electron chi connectivity index (χ0n) is 20.7. The number of furan rings is 1. The summed E-state index contributed by atoms with van der Waals surface area (Å²) in [5, 5.41) is 0. The van der Waals surface area contributed by atoms with Crippen molar-refractivity contribution in [3.8, 4) is 11.5 Å². The first-order chi connectivity index (χ1) is 17.2. The molecule has 1 amide bonds. The number of hydrogen-bond donors (Lipinski definition) is 0. The molecule has 4 heterocycles. The van der Waals surface area contributed by atoms with Crippen LogP contribution in [0, 0.1) is 5.92 Å². The zero-order valence-corrected chi connectivity index (χ0v) is 20.7.